The molecular formula is C22H23N3O3S. The van der Waals surface area contributed by atoms with Crippen LogP contribution in [0, 0.1) is 12.8 Å². The summed E-state index contributed by atoms with van der Waals surface area (Å²) in [5.41, 5.74) is 1.33. The molecule has 0 saturated carbocycles. The lowest BCUT2D eigenvalue weighted by Gasteiger charge is -2.41. The number of benzene rings is 1. The highest BCUT2D eigenvalue weighted by molar-refractivity contribution is 7.10. The van der Waals surface area contributed by atoms with Crippen LogP contribution in [0.25, 0.3) is 0 Å². The first-order valence-electron chi connectivity index (χ1n) is 9.63. The standard InChI is InChI=1S/C22H23N3O3S/c1-13(2)12-25-20(17-9-6-10-29-17)19(15-7-4-5-8-16(15)22(25)27)21(26)23-18-11-14(3)28-24-18/h4-11,13,19-20H,12H2,1-3H3,(H,23,24,26)/t19-,20-/m0/s1. The molecule has 0 radical (unpaired) electrons. The number of hydrogen-bond donors (Lipinski definition) is 1. The molecule has 0 unspecified atom stereocenters. The summed E-state index contributed by atoms with van der Waals surface area (Å²) in [5.74, 6) is 0.490. The minimum Gasteiger partial charge on any atom is -0.360 e. The quantitative estimate of drug-likeness (QED) is 0.667. The van der Waals surface area contributed by atoms with Crippen LogP contribution in [-0.2, 0) is 4.79 Å². The number of hydrogen-bond acceptors (Lipinski definition) is 5. The summed E-state index contributed by atoms with van der Waals surface area (Å²) >= 11 is 1.56. The van der Waals surface area contributed by atoms with Crippen molar-refractivity contribution < 1.29 is 14.1 Å². The number of nitrogens with one attached hydrogen (secondary N) is 1. The Balaban J connectivity index is 1.82. The summed E-state index contributed by atoms with van der Waals surface area (Å²) in [6, 6.07) is 12.6. The van der Waals surface area contributed by atoms with Crippen molar-refractivity contribution >= 4 is 29.0 Å². The van der Waals surface area contributed by atoms with Gasteiger partial charge in [-0.25, -0.2) is 0 Å². The van der Waals surface area contributed by atoms with E-state index in [9.17, 15) is 9.59 Å². The molecule has 2 atom stereocenters. The molecule has 1 aromatic carbocycles. The molecule has 29 heavy (non-hydrogen) atoms. The van der Waals surface area contributed by atoms with E-state index in [1.165, 1.54) is 0 Å². The fraction of sp³-hybridized carbons (Fsp3) is 0.318. The number of aromatic nitrogens is 1. The van der Waals surface area contributed by atoms with E-state index in [0.29, 0.717) is 23.7 Å². The number of fused-ring (bicyclic) bond motifs is 1. The van der Waals surface area contributed by atoms with E-state index in [1.807, 2.05) is 40.6 Å². The van der Waals surface area contributed by atoms with E-state index in [4.69, 9.17) is 4.52 Å². The van der Waals surface area contributed by atoms with Gasteiger partial charge in [0, 0.05) is 23.1 Å². The zero-order valence-electron chi connectivity index (χ0n) is 16.6. The third-order valence-electron chi connectivity index (χ3n) is 5.00. The second-order valence-corrected chi connectivity index (χ2v) is 8.67. The number of anilines is 1. The van der Waals surface area contributed by atoms with Crippen molar-refractivity contribution in [3.8, 4) is 0 Å². The minimum atomic E-state index is -0.543. The molecule has 150 valence electrons. The van der Waals surface area contributed by atoms with Crippen LogP contribution in [0.5, 0.6) is 0 Å². The molecule has 7 heteroatoms. The lowest BCUT2D eigenvalue weighted by atomic mass is 9.81. The molecule has 6 nitrogen and oxygen atoms in total. The molecule has 3 aromatic rings. The van der Waals surface area contributed by atoms with Crippen molar-refractivity contribution in [2.75, 3.05) is 11.9 Å². The molecule has 0 spiro atoms. The molecule has 0 aliphatic carbocycles. The van der Waals surface area contributed by atoms with Gasteiger partial charge in [0.15, 0.2) is 5.82 Å². The Morgan fingerprint density at radius 1 is 1.28 bits per heavy atom. The van der Waals surface area contributed by atoms with Crippen LogP contribution in [0.1, 0.15) is 52.4 Å². The predicted octanol–water partition coefficient (Wildman–Crippen LogP) is 4.62. The monoisotopic (exact) mass is 409 g/mol. The molecule has 2 aromatic heterocycles. The Bertz CT molecular complexity index is 1030. The highest BCUT2D eigenvalue weighted by atomic mass is 32.1. The lowest BCUT2D eigenvalue weighted by Crippen LogP contribution is -2.47. The summed E-state index contributed by atoms with van der Waals surface area (Å²) in [5, 5.41) is 8.74. The fourth-order valence-corrected chi connectivity index (χ4v) is 4.75. The van der Waals surface area contributed by atoms with Gasteiger partial charge in [-0.15, -0.1) is 11.3 Å². The number of nitrogens with zero attached hydrogens (tertiary/aromatic N) is 2. The molecule has 3 heterocycles. The molecule has 1 aliphatic heterocycles. The number of carbonyl (C=O) groups is 2. The lowest BCUT2D eigenvalue weighted by molar-refractivity contribution is -0.119. The molecule has 0 fully saturated rings. The van der Waals surface area contributed by atoms with E-state index in [0.717, 1.165) is 10.4 Å². The summed E-state index contributed by atoms with van der Waals surface area (Å²) in [6.45, 7) is 6.50. The molecule has 0 bridgehead atoms. The number of carbonyl (C=O) groups excluding carboxylic acids is 2. The van der Waals surface area contributed by atoms with Gasteiger partial charge in [-0.2, -0.15) is 0 Å². The molecule has 4 rings (SSSR count). The average Bonchev–Trinajstić information content (AvgIpc) is 3.35. The van der Waals surface area contributed by atoms with Crippen molar-refractivity contribution in [3.05, 3.63) is 69.6 Å². The molecule has 1 N–H and O–H groups in total. The van der Waals surface area contributed by atoms with Gasteiger partial charge in [0.2, 0.25) is 5.91 Å². The van der Waals surface area contributed by atoms with Gasteiger partial charge in [0.05, 0.1) is 12.0 Å². The first-order chi connectivity index (χ1) is 14.0. The smallest absolute Gasteiger partial charge is 0.254 e. The first-order valence-corrected chi connectivity index (χ1v) is 10.5. The third kappa shape index (κ3) is 3.70. The zero-order chi connectivity index (χ0) is 20.5. The average molecular weight is 410 g/mol. The summed E-state index contributed by atoms with van der Waals surface area (Å²) < 4.78 is 5.08. The summed E-state index contributed by atoms with van der Waals surface area (Å²) in [6.07, 6.45) is 0. The molecule has 2 amide bonds. The Labute approximate surface area is 173 Å². The second kappa shape index (κ2) is 7.83. The number of rotatable bonds is 5. The Hall–Kier alpha value is -2.93. The van der Waals surface area contributed by atoms with Crippen LogP contribution in [0.3, 0.4) is 0 Å². The van der Waals surface area contributed by atoms with E-state index in [1.54, 1.807) is 30.4 Å². The zero-order valence-corrected chi connectivity index (χ0v) is 17.4. The molecule has 0 saturated heterocycles. The largest absolute Gasteiger partial charge is 0.360 e. The van der Waals surface area contributed by atoms with Gasteiger partial charge >= 0.3 is 0 Å². The SMILES string of the molecule is Cc1cc(NC(=O)[C@H]2c3ccccc3C(=O)N(CC(C)C)[C@H]2c2cccs2)no1. The first kappa shape index (κ1) is 19.4. The highest BCUT2D eigenvalue weighted by Gasteiger charge is 2.44. The van der Waals surface area contributed by atoms with Gasteiger partial charge in [-0.05, 0) is 35.9 Å². The summed E-state index contributed by atoms with van der Waals surface area (Å²) in [7, 11) is 0. The normalized spacial score (nSPS) is 18.8. The molecule has 1 aliphatic rings. The second-order valence-electron chi connectivity index (χ2n) is 7.69. The van der Waals surface area contributed by atoms with Crippen LogP contribution < -0.4 is 5.32 Å². The van der Waals surface area contributed by atoms with Crippen LogP contribution in [0.4, 0.5) is 5.82 Å². The van der Waals surface area contributed by atoms with Crippen molar-refractivity contribution in [3.63, 3.8) is 0 Å². The number of amides is 2. The maximum atomic E-state index is 13.5. The van der Waals surface area contributed by atoms with Crippen LogP contribution in [0.15, 0.2) is 52.4 Å². The third-order valence-corrected chi connectivity index (χ3v) is 5.94. The van der Waals surface area contributed by atoms with Gasteiger partial charge in [-0.1, -0.05) is 43.3 Å². The number of thiophene rings is 1. The van der Waals surface area contributed by atoms with Crippen molar-refractivity contribution in [1.29, 1.82) is 0 Å². The number of aryl methyl sites for hydroxylation is 1. The van der Waals surface area contributed by atoms with Gasteiger partial charge in [-0.3, -0.25) is 9.59 Å². The molecular weight excluding hydrogens is 386 g/mol. The predicted molar refractivity (Wildman–Crippen MR) is 112 cm³/mol. The Kier molecular flexibility index (Phi) is 5.24. The minimum absolute atomic E-state index is 0.0333. The Morgan fingerprint density at radius 2 is 2.07 bits per heavy atom. The van der Waals surface area contributed by atoms with Crippen molar-refractivity contribution in [1.82, 2.24) is 10.1 Å². The maximum absolute atomic E-state index is 13.5. The van der Waals surface area contributed by atoms with E-state index >= 15 is 0 Å². The topological polar surface area (TPSA) is 75.4 Å². The van der Waals surface area contributed by atoms with Crippen molar-refractivity contribution in [2.24, 2.45) is 5.92 Å². The highest BCUT2D eigenvalue weighted by Crippen LogP contribution is 2.44. The van der Waals surface area contributed by atoms with Gasteiger partial charge in [0.25, 0.3) is 5.91 Å². The maximum Gasteiger partial charge on any atom is 0.254 e. The van der Waals surface area contributed by atoms with E-state index < -0.39 is 5.92 Å². The van der Waals surface area contributed by atoms with Gasteiger partial charge in [0.1, 0.15) is 5.76 Å². The van der Waals surface area contributed by atoms with E-state index in [2.05, 4.69) is 24.3 Å². The Morgan fingerprint density at radius 3 is 2.72 bits per heavy atom. The van der Waals surface area contributed by atoms with E-state index in [-0.39, 0.29) is 23.8 Å². The van der Waals surface area contributed by atoms with Gasteiger partial charge < -0.3 is 14.7 Å². The van der Waals surface area contributed by atoms with Crippen LogP contribution in [0.2, 0.25) is 0 Å². The van der Waals surface area contributed by atoms with Crippen molar-refractivity contribution in [2.45, 2.75) is 32.7 Å². The fourth-order valence-electron chi connectivity index (χ4n) is 3.88. The summed E-state index contributed by atoms with van der Waals surface area (Å²) in [4.78, 5) is 29.7. The van der Waals surface area contributed by atoms with Crippen LogP contribution in [-0.4, -0.2) is 28.4 Å². The van der Waals surface area contributed by atoms with Crippen LogP contribution >= 0.6 is 11.3 Å².